The van der Waals surface area contributed by atoms with E-state index in [0.717, 1.165) is 4.68 Å². The Balaban J connectivity index is 1.82. The first-order valence-electron chi connectivity index (χ1n) is 11.4. The van der Waals surface area contributed by atoms with Crippen LogP contribution in [0.5, 0.6) is 0 Å². The molecule has 5 atom stereocenters. The molecule has 0 saturated heterocycles. The van der Waals surface area contributed by atoms with Gasteiger partial charge in [0.15, 0.2) is 17.8 Å². The van der Waals surface area contributed by atoms with Crippen molar-refractivity contribution in [2.45, 2.75) is 38.3 Å². The summed E-state index contributed by atoms with van der Waals surface area (Å²) in [5, 5.41) is 39.6. The van der Waals surface area contributed by atoms with Gasteiger partial charge >= 0.3 is 15.2 Å². The van der Waals surface area contributed by atoms with Gasteiger partial charge in [-0.15, -0.1) is 0 Å². The van der Waals surface area contributed by atoms with E-state index in [-0.39, 0.29) is 16.4 Å². The van der Waals surface area contributed by atoms with Gasteiger partial charge in [-0.05, 0) is 31.6 Å². The van der Waals surface area contributed by atoms with Crippen LogP contribution in [0.4, 0.5) is 10.1 Å². The van der Waals surface area contributed by atoms with Crippen LogP contribution in [-0.2, 0) is 13.7 Å². The minimum atomic E-state index is -4.87. The van der Waals surface area contributed by atoms with Crippen LogP contribution in [0.1, 0.15) is 31.7 Å². The molecule has 17 heteroatoms. The van der Waals surface area contributed by atoms with Crippen molar-refractivity contribution in [2.24, 2.45) is 0 Å². The molecule has 13 nitrogen and oxygen atoms in total. The Morgan fingerprint density at radius 3 is 2.51 bits per heavy atom. The molecule has 0 aliphatic rings. The largest absolute Gasteiger partial charge is 0.386 e. The second-order valence-electron chi connectivity index (χ2n) is 8.64. The number of fused-ring (bicyclic) bond motifs is 1. The number of hydrogen-bond acceptors (Lipinski definition) is 9. The third-order valence-electron chi connectivity index (χ3n) is 5.71. The average molecular weight is 609 g/mol. The van der Waals surface area contributed by atoms with Crippen molar-refractivity contribution in [3.05, 3.63) is 64.7 Å². The zero-order valence-corrected chi connectivity index (χ0v) is 23.2. The molecule has 7 N–H and O–H groups in total. The quantitative estimate of drug-likeness (QED) is 0.0900. The van der Waals surface area contributed by atoms with Gasteiger partial charge in [-0.25, -0.2) is 14.1 Å². The molecule has 2 aromatic heterocycles. The van der Waals surface area contributed by atoms with Crippen LogP contribution in [0.25, 0.3) is 11.0 Å². The van der Waals surface area contributed by atoms with Crippen molar-refractivity contribution in [2.75, 3.05) is 17.8 Å². The lowest BCUT2D eigenvalue weighted by atomic mass is 10.0. The zero-order valence-electron chi connectivity index (χ0n) is 20.7. The number of nitrogens with zero attached hydrogens (tertiary/aromatic N) is 3. The molecule has 0 bridgehead atoms. The number of halogens is 2. The highest BCUT2D eigenvalue weighted by Gasteiger charge is 2.34. The van der Waals surface area contributed by atoms with Gasteiger partial charge in [0, 0.05) is 5.56 Å². The second-order valence-corrected chi connectivity index (χ2v) is 13.0. The fourth-order valence-electron chi connectivity index (χ4n) is 3.75. The molecule has 39 heavy (non-hydrogen) atoms. The molecule has 1 aromatic carbocycles. The fourth-order valence-corrected chi connectivity index (χ4v) is 6.48. The van der Waals surface area contributed by atoms with Crippen LogP contribution in [0.2, 0.25) is 5.15 Å². The van der Waals surface area contributed by atoms with Gasteiger partial charge in [-0.3, -0.25) is 9.13 Å². The molecule has 0 radical (unpaired) electrons. The minimum absolute atomic E-state index is 0.0129. The third kappa shape index (κ3) is 7.92. The number of rotatable bonds is 12. The van der Waals surface area contributed by atoms with E-state index in [1.54, 1.807) is 25.1 Å². The number of pyridine rings is 1. The van der Waals surface area contributed by atoms with E-state index < -0.39 is 58.0 Å². The summed E-state index contributed by atoms with van der Waals surface area (Å²) >= 11 is 6.17. The summed E-state index contributed by atoms with van der Waals surface area (Å²) in [4.78, 5) is 31.6. The number of aliphatic hydroxyl groups excluding tert-OH is 3. The van der Waals surface area contributed by atoms with Crippen molar-refractivity contribution in [3.8, 4) is 0 Å². The topological polar surface area (TPSA) is 207 Å². The first kappa shape index (κ1) is 31.3. The smallest absolute Gasteiger partial charge is 0.340 e. The Labute approximate surface area is 227 Å². The summed E-state index contributed by atoms with van der Waals surface area (Å²) in [6.45, 7) is 2.36. The first-order valence-corrected chi connectivity index (χ1v) is 15.3. The number of hydrogen-bond donors (Lipinski definition) is 7. The highest BCUT2D eigenvalue weighted by atomic mass is 35.5. The minimum Gasteiger partial charge on any atom is -0.386 e. The fraction of sp³-hybridized carbons (Fsp3) is 0.364. The molecular weight excluding hydrogens is 581 g/mol. The molecule has 0 saturated carbocycles. The molecule has 3 rings (SSSR count). The summed E-state index contributed by atoms with van der Waals surface area (Å²) in [6.07, 6.45) is -3.15. The maximum Gasteiger partial charge on any atom is 0.340 e. The monoisotopic (exact) mass is 608 g/mol. The molecule has 3 aromatic rings. The Kier molecular flexibility index (Phi) is 10.1. The Hall–Kier alpha value is -2.22. The van der Waals surface area contributed by atoms with Gasteiger partial charge in [0.05, 0.1) is 29.9 Å². The van der Waals surface area contributed by atoms with Gasteiger partial charge in [0.25, 0.3) is 0 Å². The maximum absolute atomic E-state index is 14.2. The van der Waals surface area contributed by atoms with Crippen molar-refractivity contribution in [3.63, 3.8) is 0 Å². The van der Waals surface area contributed by atoms with E-state index in [4.69, 9.17) is 25.9 Å². The van der Waals surface area contributed by atoms with Crippen LogP contribution >= 0.6 is 26.8 Å². The van der Waals surface area contributed by atoms with Crippen molar-refractivity contribution < 1.29 is 48.0 Å². The lowest BCUT2D eigenvalue weighted by molar-refractivity contribution is -0.0845. The zero-order chi connectivity index (χ0) is 29.1. The molecule has 0 amide bonds. The SMILES string of the molecule is C/C=C(/COP(=O)(O)CP(=O)(O)O)[C@@H](O)[C@@H](O)[C@@H](O)n1ncc2c(N[C@@H](C)c3ccccc3F)cc(Cl)nc21. The lowest BCUT2D eigenvalue weighted by Crippen LogP contribution is -2.37. The van der Waals surface area contributed by atoms with Gasteiger partial charge in [0.1, 0.15) is 23.2 Å². The standard InChI is InChI=1S/C22H28ClFN4O9P2/c1-3-13(10-37-39(35,36)11-38(32,33)34)19(29)20(30)22(31)28-21-15(9-25-28)17(8-18(23)27-21)26-12(2)14-6-4-5-7-16(14)24/h3-9,12,19-20,22,29-31H,10-11H2,1-2H3,(H,26,27)(H,35,36)(H2,32,33,34)/b13-3-/t12-,19+,20+,22+/m0/s1. The summed E-state index contributed by atoms with van der Waals surface area (Å²) in [5.74, 6) is -1.85. The van der Waals surface area contributed by atoms with Crippen molar-refractivity contribution >= 4 is 43.5 Å². The van der Waals surface area contributed by atoms with Crippen LogP contribution < -0.4 is 5.32 Å². The van der Waals surface area contributed by atoms with E-state index in [1.165, 1.54) is 31.3 Å². The summed E-state index contributed by atoms with van der Waals surface area (Å²) in [5.41, 5.74) is 0.647. The van der Waals surface area contributed by atoms with E-state index in [9.17, 15) is 33.7 Å². The van der Waals surface area contributed by atoms with E-state index in [0.29, 0.717) is 16.6 Å². The third-order valence-corrected chi connectivity index (χ3v) is 9.34. The predicted octanol–water partition coefficient (Wildman–Crippen LogP) is 2.89. The van der Waals surface area contributed by atoms with E-state index in [1.807, 2.05) is 0 Å². The normalized spacial score (nSPS) is 17.4. The molecule has 0 fully saturated rings. The molecule has 0 aliphatic heterocycles. The van der Waals surface area contributed by atoms with Gasteiger partial charge < -0.3 is 39.8 Å². The van der Waals surface area contributed by atoms with Gasteiger partial charge in [-0.1, -0.05) is 35.9 Å². The lowest BCUT2D eigenvalue weighted by Gasteiger charge is -2.26. The predicted molar refractivity (Wildman–Crippen MR) is 141 cm³/mol. The Morgan fingerprint density at radius 1 is 1.23 bits per heavy atom. The summed E-state index contributed by atoms with van der Waals surface area (Å²) in [6, 6.07) is 7.17. The van der Waals surface area contributed by atoms with Crippen LogP contribution in [0, 0.1) is 5.82 Å². The number of allylic oxidation sites excluding steroid dienone is 1. The summed E-state index contributed by atoms with van der Waals surface area (Å²) in [7, 11) is -9.61. The Bertz CT molecular complexity index is 1450. The first-order chi connectivity index (χ1) is 18.1. The second kappa shape index (κ2) is 12.5. The molecule has 0 aliphatic carbocycles. The number of anilines is 1. The highest BCUT2D eigenvalue weighted by Crippen LogP contribution is 2.55. The van der Waals surface area contributed by atoms with E-state index >= 15 is 0 Å². The molecule has 2 heterocycles. The maximum atomic E-state index is 14.2. The van der Waals surface area contributed by atoms with Crippen LogP contribution in [0.3, 0.4) is 0 Å². The van der Waals surface area contributed by atoms with E-state index in [2.05, 4.69) is 15.4 Å². The average Bonchev–Trinajstić information content (AvgIpc) is 3.25. The molecule has 214 valence electrons. The van der Waals surface area contributed by atoms with Crippen molar-refractivity contribution in [1.29, 1.82) is 0 Å². The Morgan fingerprint density at radius 2 is 1.90 bits per heavy atom. The van der Waals surface area contributed by atoms with Crippen LogP contribution in [-0.4, -0.2) is 69.5 Å². The van der Waals surface area contributed by atoms with Gasteiger partial charge in [-0.2, -0.15) is 5.10 Å². The molecule has 1 unspecified atom stereocenters. The number of benzene rings is 1. The number of aromatic nitrogens is 3. The summed E-state index contributed by atoms with van der Waals surface area (Å²) < 4.78 is 42.8. The molecule has 0 spiro atoms. The highest BCUT2D eigenvalue weighted by molar-refractivity contribution is 7.70. The van der Waals surface area contributed by atoms with Crippen molar-refractivity contribution in [1.82, 2.24) is 14.8 Å². The number of nitrogens with one attached hydrogen (secondary N) is 1. The van der Waals surface area contributed by atoms with Crippen LogP contribution in [0.15, 0.2) is 48.2 Å². The number of aliphatic hydroxyl groups is 3. The van der Waals surface area contributed by atoms with Gasteiger partial charge in [0.2, 0.25) is 0 Å². The molecular formula is C22H28ClFN4O9P2.